The van der Waals surface area contributed by atoms with E-state index in [0.717, 1.165) is 18.8 Å². The number of rotatable bonds is 8. The van der Waals surface area contributed by atoms with E-state index in [1.165, 1.54) is 19.3 Å². The minimum absolute atomic E-state index is 0.0457. The normalized spacial score (nSPS) is 19.7. The van der Waals surface area contributed by atoms with Gasteiger partial charge in [-0.25, -0.2) is 4.79 Å². The molecule has 1 aliphatic carbocycles. The van der Waals surface area contributed by atoms with Gasteiger partial charge in [-0.1, -0.05) is 13.3 Å². The van der Waals surface area contributed by atoms with Crippen molar-refractivity contribution in [3.8, 4) is 11.5 Å². The van der Waals surface area contributed by atoms with Crippen molar-refractivity contribution in [2.24, 2.45) is 5.92 Å². The quantitative estimate of drug-likeness (QED) is 0.764. The average Bonchev–Trinajstić information content (AvgIpc) is 2.66. The van der Waals surface area contributed by atoms with Gasteiger partial charge in [-0.05, 0) is 56.7 Å². The summed E-state index contributed by atoms with van der Waals surface area (Å²) in [6.45, 7) is 4.00. The van der Waals surface area contributed by atoms with Crippen LogP contribution in [0.1, 0.15) is 56.3 Å². The van der Waals surface area contributed by atoms with Crippen LogP contribution in [-0.2, 0) is 4.79 Å². The second-order valence-corrected chi connectivity index (χ2v) is 6.78. The molecule has 1 fully saturated rings. The lowest BCUT2D eigenvalue weighted by atomic mass is 9.84. The smallest absolute Gasteiger partial charge is 0.341 e. The van der Waals surface area contributed by atoms with E-state index in [-0.39, 0.29) is 11.9 Å². The third-order valence-electron chi connectivity index (χ3n) is 5.10. The molecule has 6 nitrogen and oxygen atoms in total. The fourth-order valence-electron chi connectivity index (χ4n) is 3.48. The number of aliphatic carboxylic acids is 1. The van der Waals surface area contributed by atoms with E-state index in [1.807, 2.05) is 18.9 Å². The van der Waals surface area contributed by atoms with E-state index in [9.17, 15) is 9.59 Å². The predicted molar refractivity (Wildman–Crippen MR) is 98.9 cm³/mol. The number of carbonyl (C=O) groups is 2. The molecule has 0 aliphatic heterocycles. The summed E-state index contributed by atoms with van der Waals surface area (Å²) >= 11 is 0. The topological polar surface area (TPSA) is 76.1 Å². The van der Waals surface area contributed by atoms with E-state index in [2.05, 4.69) is 6.92 Å². The molecule has 1 amide bonds. The second kappa shape index (κ2) is 9.46. The molecule has 1 saturated carbocycles. The number of hydrogen-bond donors (Lipinski definition) is 1. The standard InChI is InChI=1S/C20H29NO5/c1-4-14-6-9-16(10-7-14)21(3)20(24)15-8-11-17(26-13-19(22)23)18(12-15)25-5-2/h8,11-12,14,16H,4-7,9-10,13H2,1-3H3,(H,22,23). The van der Waals surface area contributed by atoms with Gasteiger partial charge in [0.1, 0.15) is 0 Å². The number of ether oxygens (including phenoxy) is 2. The van der Waals surface area contributed by atoms with Crippen molar-refractivity contribution in [2.75, 3.05) is 20.3 Å². The molecule has 0 atom stereocenters. The molecule has 6 heteroatoms. The highest BCUT2D eigenvalue weighted by Gasteiger charge is 2.27. The van der Waals surface area contributed by atoms with E-state index in [1.54, 1.807) is 18.2 Å². The van der Waals surface area contributed by atoms with Crippen molar-refractivity contribution in [1.82, 2.24) is 4.90 Å². The molecule has 144 valence electrons. The van der Waals surface area contributed by atoms with Crippen LogP contribution in [0.4, 0.5) is 0 Å². The zero-order valence-electron chi connectivity index (χ0n) is 15.9. The predicted octanol–water partition coefficient (Wildman–Crippen LogP) is 3.59. The Morgan fingerprint density at radius 3 is 2.38 bits per heavy atom. The van der Waals surface area contributed by atoms with Crippen molar-refractivity contribution < 1.29 is 24.2 Å². The number of carboxylic acid groups (broad SMARTS) is 1. The Balaban J connectivity index is 2.09. The van der Waals surface area contributed by atoms with Gasteiger partial charge >= 0.3 is 5.97 Å². The van der Waals surface area contributed by atoms with Crippen LogP contribution in [0.5, 0.6) is 11.5 Å². The summed E-state index contributed by atoms with van der Waals surface area (Å²) in [6.07, 6.45) is 5.63. The molecule has 0 aromatic heterocycles. The van der Waals surface area contributed by atoms with Crippen LogP contribution in [0, 0.1) is 5.92 Å². The average molecular weight is 363 g/mol. The minimum atomic E-state index is -1.06. The fraction of sp³-hybridized carbons (Fsp3) is 0.600. The van der Waals surface area contributed by atoms with Crippen molar-refractivity contribution in [1.29, 1.82) is 0 Å². The molecular formula is C20H29NO5. The summed E-state index contributed by atoms with van der Waals surface area (Å²) < 4.78 is 10.8. The number of carbonyl (C=O) groups excluding carboxylic acids is 1. The first-order valence-electron chi connectivity index (χ1n) is 9.34. The van der Waals surface area contributed by atoms with Gasteiger partial charge in [0.05, 0.1) is 6.61 Å². The first-order chi connectivity index (χ1) is 12.5. The molecule has 0 unspecified atom stereocenters. The largest absolute Gasteiger partial charge is 0.490 e. The number of nitrogens with zero attached hydrogens (tertiary/aromatic N) is 1. The number of carboxylic acids is 1. The van der Waals surface area contributed by atoms with Gasteiger partial charge in [-0.3, -0.25) is 4.79 Å². The molecule has 1 aromatic rings. The summed E-state index contributed by atoms with van der Waals surface area (Å²) in [7, 11) is 1.86. The Morgan fingerprint density at radius 2 is 1.81 bits per heavy atom. The Labute approximate surface area is 155 Å². The van der Waals surface area contributed by atoms with Crippen LogP contribution in [0.3, 0.4) is 0 Å². The van der Waals surface area contributed by atoms with Crippen molar-refractivity contribution in [2.45, 2.75) is 52.0 Å². The molecule has 1 N–H and O–H groups in total. The molecule has 2 rings (SSSR count). The minimum Gasteiger partial charge on any atom is -0.490 e. The van der Waals surface area contributed by atoms with Crippen LogP contribution in [-0.4, -0.2) is 48.2 Å². The zero-order chi connectivity index (χ0) is 19.1. The van der Waals surface area contributed by atoms with E-state index < -0.39 is 12.6 Å². The number of benzene rings is 1. The van der Waals surface area contributed by atoms with Crippen molar-refractivity contribution >= 4 is 11.9 Å². The van der Waals surface area contributed by atoms with Crippen LogP contribution in [0.15, 0.2) is 18.2 Å². The maximum absolute atomic E-state index is 12.9. The molecule has 26 heavy (non-hydrogen) atoms. The lowest BCUT2D eigenvalue weighted by Crippen LogP contribution is -2.39. The third kappa shape index (κ3) is 5.13. The van der Waals surface area contributed by atoms with Gasteiger partial charge in [-0.2, -0.15) is 0 Å². The van der Waals surface area contributed by atoms with Crippen LogP contribution < -0.4 is 9.47 Å². The third-order valence-corrected chi connectivity index (χ3v) is 5.10. The van der Waals surface area contributed by atoms with Gasteiger partial charge in [0.2, 0.25) is 0 Å². The maximum Gasteiger partial charge on any atom is 0.341 e. The van der Waals surface area contributed by atoms with Gasteiger partial charge < -0.3 is 19.5 Å². The highest BCUT2D eigenvalue weighted by molar-refractivity contribution is 5.95. The highest BCUT2D eigenvalue weighted by atomic mass is 16.5. The number of hydrogen-bond acceptors (Lipinski definition) is 4. The Kier molecular flexibility index (Phi) is 7.30. The Morgan fingerprint density at radius 1 is 1.12 bits per heavy atom. The Bertz CT molecular complexity index is 623. The van der Waals surface area contributed by atoms with Crippen LogP contribution in [0.25, 0.3) is 0 Å². The van der Waals surface area contributed by atoms with Gasteiger partial charge in [0.15, 0.2) is 18.1 Å². The maximum atomic E-state index is 12.9. The second-order valence-electron chi connectivity index (χ2n) is 6.78. The van der Waals surface area contributed by atoms with Crippen LogP contribution in [0.2, 0.25) is 0 Å². The Hall–Kier alpha value is -2.24. The molecule has 1 aliphatic rings. The molecule has 0 saturated heterocycles. The molecule has 0 heterocycles. The van der Waals surface area contributed by atoms with E-state index >= 15 is 0 Å². The van der Waals surface area contributed by atoms with Gasteiger partial charge in [-0.15, -0.1) is 0 Å². The lowest BCUT2D eigenvalue weighted by molar-refractivity contribution is -0.139. The molecule has 0 radical (unpaired) electrons. The molecule has 0 bridgehead atoms. The van der Waals surface area contributed by atoms with E-state index in [4.69, 9.17) is 14.6 Å². The van der Waals surface area contributed by atoms with E-state index in [0.29, 0.717) is 23.7 Å². The van der Waals surface area contributed by atoms with Crippen LogP contribution >= 0.6 is 0 Å². The zero-order valence-corrected chi connectivity index (χ0v) is 15.9. The lowest BCUT2D eigenvalue weighted by Gasteiger charge is -2.34. The molecule has 1 aromatic carbocycles. The number of amides is 1. The van der Waals surface area contributed by atoms with Gasteiger partial charge in [0, 0.05) is 18.7 Å². The molecule has 0 spiro atoms. The first kappa shape index (κ1) is 20.1. The van der Waals surface area contributed by atoms with Crippen molar-refractivity contribution in [3.63, 3.8) is 0 Å². The van der Waals surface area contributed by atoms with Gasteiger partial charge in [0.25, 0.3) is 5.91 Å². The van der Waals surface area contributed by atoms with Crippen molar-refractivity contribution in [3.05, 3.63) is 23.8 Å². The summed E-state index contributed by atoms with van der Waals surface area (Å²) in [5, 5.41) is 8.77. The first-order valence-corrected chi connectivity index (χ1v) is 9.34. The molecular weight excluding hydrogens is 334 g/mol. The summed E-state index contributed by atoms with van der Waals surface area (Å²) in [5.74, 6) is 0.398. The fourth-order valence-corrected chi connectivity index (χ4v) is 3.48. The highest BCUT2D eigenvalue weighted by Crippen LogP contribution is 2.32. The monoisotopic (exact) mass is 363 g/mol. The summed E-state index contributed by atoms with van der Waals surface area (Å²) in [4.78, 5) is 25.4. The summed E-state index contributed by atoms with van der Waals surface area (Å²) in [6, 6.07) is 5.17. The SMILES string of the molecule is CCOc1cc(C(=O)N(C)C2CCC(CC)CC2)ccc1OCC(=O)O. The summed E-state index contributed by atoms with van der Waals surface area (Å²) in [5.41, 5.74) is 0.524.